The molecule has 0 aliphatic heterocycles. The fraction of sp³-hybridized carbons (Fsp3) is 0.222. The first-order chi connectivity index (χ1) is 12.5. The van der Waals surface area contributed by atoms with Crippen LogP contribution in [0.2, 0.25) is 0 Å². The van der Waals surface area contributed by atoms with E-state index in [4.69, 9.17) is 17.0 Å². The maximum atomic E-state index is 13.0. The summed E-state index contributed by atoms with van der Waals surface area (Å²) in [7, 11) is 9.87. The summed E-state index contributed by atoms with van der Waals surface area (Å²) in [6.45, 7) is 1.87. The Labute approximate surface area is 170 Å². The van der Waals surface area contributed by atoms with Crippen LogP contribution < -0.4 is 0 Å². The molecule has 0 radical (unpaired) electrons. The predicted octanol–water partition coefficient (Wildman–Crippen LogP) is 7.73. The fourth-order valence-corrected chi connectivity index (χ4v) is 2.90. The summed E-state index contributed by atoms with van der Waals surface area (Å²) >= 11 is -0.826. The van der Waals surface area contributed by atoms with Crippen molar-refractivity contribution in [2.75, 3.05) is 0 Å². The summed E-state index contributed by atoms with van der Waals surface area (Å²) in [5.74, 6) is 0. The first-order valence-corrected chi connectivity index (χ1v) is 13.9. The summed E-state index contributed by atoms with van der Waals surface area (Å²) in [5, 5.41) is 0. The molecule has 144 valence electrons. The van der Waals surface area contributed by atoms with Crippen molar-refractivity contribution < 1.29 is 47.2 Å². The van der Waals surface area contributed by atoms with Gasteiger partial charge in [0.15, 0.2) is 0 Å². The van der Waals surface area contributed by atoms with Crippen molar-refractivity contribution >= 4 is 23.1 Å². The van der Waals surface area contributed by atoms with Gasteiger partial charge in [-0.05, 0) is 53.8 Å². The fourth-order valence-electron chi connectivity index (χ4n) is 2.90. The number of fused-ring (bicyclic) bond motifs is 1. The van der Waals surface area contributed by atoms with Gasteiger partial charge in [0.1, 0.15) is 0 Å². The molecule has 3 rings (SSSR count). The molecule has 0 bridgehead atoms. The average molecular weight is 504 g/mol. The third-order valence-corrected chi connectivity index (χ3v) is 3.96. The molecule has 2 aromatic carbocycles. The molecule has 9 heteroatoms. The normalized spacial score (nSPS) is 13.4. The van der Waals surface area contributed by atoms with Crippen molar-refractivity contribution in [3.8, 4) is 11.1 Å². The van der Waals surface area contributed by atoms with Gasteiger partial charge in [-0.1, -0.05) is 29.8 Å². The van der Waals surface area contributed by atoms with Crippen LogP contribution in [0.1, 0.15) is 29.2 Å². The summed E-state index contributed by atoms with van der Waals surface area (Å²) in [5.41, 5.74) is 0.284. The third-order valence-electron chi connectivity index (χ3n) is 3.96. The van der Waals surface area contributed by atoms with Crippen molar-refractivity contribution in [2.45, 2.75) is 25.7 Å². The van der Waals surface area contributed by atoms with Crippen LogP contribution in [0.4, 0.5) is 26.3 Å². The molecular weight excluding hydrogens is 492 g/mol. The van der Waals surface area contributed by atoms with Gasteiger partial charge in [0, 0.05) is 0 Å². The van der Waals surface area contributed by atoms with Gasteiger partial charge in [0.25, 0.3) is 0 Å². The van der Waals surface area contributed by atoms with Gasteiger partial charge in [0.2, 0.25) is 0 Å². The Hall–Kier alpha value is -0.777. The number of rotatable bonds is 1. The Balaban J connectivity index is 0.000000817. The zero-order chi connectivity index (χ0) is 20.4. The number of hydrogen-bond donors (Lipinski definition) is 0. The molecule has 1 aliphatic carbocycles. The molecular formula is C18H12Cl2F6Zr. The minimum absolute atomic E-state index is 0.0834. The zero-order valence-electron chi connectivity index (χ0n) is 13.8. The van der Waals surface area contributed by atoms with Gasteiger partial charge in [-0.15, -0.1) is 0 Å². The molecule has 0 heterocycles. The molecule has 0 amide bonds. The number of halogens is 8. The van der Waals surface area contributed by atoms with E-state index in [0.717, 1.165) is 23.3 Å². The predicted molar refractivity (Wildman–Crippen MR) is 90.9 cm³/mol. The number of alkyl halides is 6. The number of hydrogen-bond acceptors (Lipinski definition) is 0. The van der Waals surface area contributed by atoms with Crippen molar-refractivity contribution in [1.82, 2.24) is 0 Å². The first kappa shape index (κ1) is 22.5. The van der Waals surface area contributed by atoms with Gasteiger partial charge in [-0.25, -0.2) is 0 Å². The Kier molecular flexibility index (Phi) is 7.26. The van der Waals surface area contributed by atoms with Crippen molar-refractivity contribution in [3.05, 3.63) is 64.2 Å². The van der Waals surface area contributed by atoms with E-state index in [1.54, 1.807) is 18.2 Å². The summed E-state index contributed by atoms with van der Waals surface area (Å²) in [6.07, 6.45) is -7.24. The van der Waals surface area contributed by atoms with Gasteiger partial charge in [-0.2, -0.15) is 26.3 Å². The second kappa shape index (κ2) is 8.71. The molecule has 0 aromatic heterocycles. The Morgan fingerprint density at radius 3 is 1.89 bits per heavy atom. The van der Waals surface area contributed by atoms with E-state index in [9.17, 15) is 26.3 Å². The molecule has 2 aromatic rings. The summed E-state index contributed by atoms with van der Waals surface area (Å²) in [6, 6.07) is 6.70. The zero-order valence-corrected chi connectivity index (χ0v) is 17.7. The van der Waals surface area contributed by atoms with Crippen LogP contribution in [0.5, 0.6) is 0 Å². The van der Waals surface area contributed by atoms with Gasteiger partial charge in [0.05, 0.1) is 11.1 Å². The van der Waals surface area contributed by atoms with Crippen molar-refractivity contribution in [1.29, 1.82) is 0 Å². The molecule has 0 atom stereocenters. The van der Waals surface area contributed by atoms with Crippen LogP contribution in [0.15, 0.2) is 42.0 Å². The molecule has 0 fully saturated rings. The van der Waals surface area contributed by atoms with Crippen molar-refractivity contribution in [3.63, 3.8) is 0 Å². The van der Waals surface area contributed by atoms with E-state index in [2.05, 4.69) is 0 Å². The van der Waals surface area contributed by atoms with E-state index < -0.39 is 44.3 Å². The van der Waals surface area contributed by atoms with E-state index in [1.165, 1.54) is 0 Å². The van der Waals surface area contributed by atoms with Gasteiger partial charge >= 0.3 is 50.2 Å². The van der Waals surface area contributed by atoms with Crippen LogP contribution in [-0.4, -0.2) is 0 Å². The topological polar surface area (TPSA) is 0 Å². The second-order valence-electron chi connectivity index (χ2n) is 5.91. The maximum absolute atomic E-state index is 13.0. The van der Waals surface area contributed by atoms with Crippen LogP contribution in [-0.2, 0) is 39.6 Å². The molecule has 1 aliphatic rings. The first-order valence-electron chi connectivity index (χ1n) is 7.52. The van der Waals surface area contributed by atoms with E-state index in [-0.39, 0.29) is 11.6 Å². The van der Waals surface area contributed by atoms with Crippen LogP contribution in [0.3, 0.4) is 0 Å². The van der Waals surface area contributed by atoms with Gasteiger partial charge in [-0.3, -0.25) is 0 Å². The molecule has 0 unspecified atom stereocenters. The van der Waals surface area contributed by atoms with E-state index in [1.807, 2.05) is 13.0 Å². The summed E-state index contributed by atoms with van der Waals surface area (Å²) in [4.78, 5) is 0. The Bertz CT molecular complexity index is 824. The Morgan fingerprint density at radius 2 is 1.41 bits per heavy atom. The van der Waals surface area contributed by atoms with Crippen LogP contribution in [0.25, 0.3) is 17.2 Å². The number of allylic oxidation sites excluding steroid dienone is 1. The molecule has 0 spiro atoms. The van der Waals surface area contributed by atoms with Gasteiger partial charge < -0.3 is 0 Å². The molecule has 0 nitrogen and oxygen atoms in total. The number of benzene rings is 2. The third kappa shape index (κ3) is 5.61. The standard InChI is InChI=1S/C18H12F6.2ClH.Zr/c1-10-5-11-3-2-4-15(16(11)6-10)12-7-13(17(19,20)21)9-14(8-12)18(22,23)24;;;/h2-4,6-9H,5H2,1H3;2*1H;/q;;;+2/p-2. The monoisotopic (exact) mass is 502 g/mol. The SMILES string of the molecule is CC1=Cc2c(cccc2-c2cc(C(F)(F)F)cc(C(F)(F)F)c2)C1.[Cl][Zr][Cl]. The average Bonchev–Trinajstić information content (AvgIpc) is 2.93. The second-order valence-corrected chi connectivity index (χ2v) is 9.64. The quantitative estimate of drug-likeness (QED) is 0.349. The minimum atomic E-state index is -4.85. The van der Waals surface area contributed by atoms with Crippen LogP contribution in [0, 0.1) is 0 Å². The molecule has 0 saturated carbocycles. The van der Waals surface area contributed by atoms with E-state index >= 15 is 0 Å². The Morgan fingerprint density at radius 1 is 0.889 bits per heavy atom. The van der Waals surface area contributed by atoms with Crippen molar-refractivity contribution in [2.24, 2.45) is 0 Å². The van der Waals surface area contributed by atoms with E-state index in [0.29, 0.717) is 17.5 Å². The molecule has 27 heavy (non-hydrogen) atoms. The summed E-state index contributed by atoms with van der Waals surface area (Å²) < 4.78 is 78.1. The molecule has 0 N–H and O–H groups in total. The molecule has 0 saturated heterocycles. The van der Waals surface area contributed by atoms with Crippen LogP contribution >= 0.6 is 17.0 Å².